The average molecular weight is 312 g/mol. The molecule has 118 valence electrons. The normalized spacial score (nSPS) is 14.5. The highest BCUT2D eigenvalue weighted by Crippen LogP contribution is 2.17. The summed E-state index contributed by atoms with van der Waals surface area (Å²) in [5.74, 6) is -0.230. The van der Waals surface area contributed by atoms with Crippen molar-refractivity contribution in [3.05, 3.63) is 29.8 Å². The lowest BCUT2D eigenvalue weighted by molar-refractivity contribution is -0.125. The molecule has 1 amide bonds. The monoisotopic (exact) mass is 312 g/mol. The van der Waals surface area contributed by atoms with E-state index in [-0.39, 0.29) is 22.8 Å². The molecule has 0 aliphatic heterocycles. The van der Waals surface area contributed by atoms with Crippen LogP contribution in [0.2, 0.25) is 0 Å². The van der Waals surface area contributed by atoms with Crippen molar-refractivity contribution in [1.29, 1.82) is 0 Å². The van der Waals surface area contributed by atoms with Crippen LogP contribution in [0.5, 0.6) is 0 Å². The van der Waals surface area contributed by atoms with Gasteiger partial charge in [-0.2, -0.15) is 0 Å². The van der Waals surface area contributed by atoms with Crippen LogP contribution in [-0.2, 0) is 14.6 Å². The van der Waals surface area contributed by atoms with E-state index in [0.29, 0.717) is 6.54 Å². The highest BCUT2D eigenvalue weighted by atomic mass is 32.2. The minimum absolute atomic E-state index is 0.0564. The SMILES string of the molecule is CCCC(CN)C(=O)NC(C)c1ccc(S(C)(=O)=O)cc1. The van der Waals surface area contributed by atoms with Crippen LogP contribution < -0.4 is 11.1 Å². The van der Waals surface area contributed by atoms with E-state index in [1.165, 1.54) is 6.26 Å². The van der Waals surface area contributed by atoms with E-state index in [9.17, 15) is 13.2 Å². The molecule has 0 heterocycles. The molecule has 1 rings (SSSR count). The van der Waals surface area contributed by atoms with Crippen LogP contribution in [0.4, 0.5) is 0 Å². The van der Waals surface area contributed by atoms with Crippen LogP contribution in [0.15, 0.2) is 29.2 Å². The third-order valence-corrected chi connectivity index (χ3v) is 4.59. The summed E-state index contributed by atoms with van der Waals surface area (Å²) in [5.41, 5.74) is 6.48. The molecular formula is C15H24N2O3S. The smallest absolute Gasteiger partial charge is 0.224 e. The highest BCUT2D eigenvalue weighted by Gasteiger charge is 2.18. The predicted molar refractivity (Wildman–Crippen MR) is 83.6 cm³/mol. The van der Waals surface area contributed by atoms with Crippen molar-refractivity contribution in [1.82, 2.24) is 5.32 Å². The van der Waals surface area contributed by atoms with Gasteiger partial charge >= 0.3 is 0 Å². The molecule has 0 aliphatic rings. The van der Waals surface area contributed by atoms with Gasteiger partial charge in [0.1, 0.15) is 0 Å². The first-order chi connectivity index (χ1) is 9.79. The Kier molecular flexibility index (Phi) is 6.36. The standard InChI is InChI=1S/C15H24N2O3S/c1-4-5-13(10-16)15(18)17-11(2)12-6-8-14(9-7-12)21(3,19)20/h6-9,11,13H,4-5,10,16H2,1-3H3,(H,17,18). The Hall–Kier alpha value is -1.40. The Morgan fingerprint density at radius 2 is 1.86 bits per heavy atom. The van der Waals surface area contributed by atoms with Crippen molar-refractivity contribution >= 4 is 15.7 Å². The summed E-state index contributed by atoms with van der Waals surface area (Å²) in [6, 6.07) is 6.37. The van der Waals surface area contributed by atoms with Crippen LogP contribution in [-0.4, -0.2) is 27.1 Å². The Balaban J connectivity index is 2.75. The number of nitrogens with one attached hydrogen (secondary N) is 1. The van der Waals surface area contributed by atoms with E-state index in [0.717, 1.165) is 18.4 Å². The molecule has 21 heavy (non-hydrogen) atoms. The number of hydrogen-bond donors (Lipinski definition) is 2. The van der Waals surface area contributed by atoms with Crippen molar-refractivity contribution in [2.75, 3.05) is 12.8 Å². The second-order valence-electron chi connectivity index (χ2n) is 5.29. The lowest BCUT2D eigenvalue weighted by atomic mass is 10.0. The Morgan fingerprint density at radius 3 is 2.29 bits per heavy atom. The molecule has 1 aromatic rings. The third kappa shape index (κ3) is 5.13. The first-order valence-corrected chi connectivity index (χ1v) is 8.99. The molecule has 0 spiro atoms. The molecule has 0 aromatic heterocycles. The molecular weight excluding hydrogens is 288 g/mol. The number of carbonyl (C=O) groups is 1. The van der Waals surface area contributed by atoms with Crippen LogP contribution in [0, 0.1) is 5.92 Å². The quantitative estimate of drug-likeness (QED) is 0.801. The molecule has 6 heteroatoms. The summed E-state index contributed by atoms with van der Waals surface area (Å²) in [6.07, 6.45) is 2.85. The van der Waals surface area contributed by atoms with Crippen molar-refractivity contribution < 1.29 is 13.2 Å². The maximum absolute atomic E-state index is 12.1. The number of carbonyl (C=O) groups excluding carboxylic acids is 1. The summed E-state index contributed by atoms with van der Waals surface area (Å²) in [7, 11) is -3.20. The fraction of sp³-hybridized carbons (Fsp3) is 0.533. The lowest BCUT2D eigenvalue weighted by Crippen LogP contribution is -2.36. The van der Waals surface area contributed by atoms with Crippen molar-refractivity contribution in [3.63, 3.8) is 0 Å². The molecule has 0 saturated heterocycles. The van der Waals surface area contributed by atoms with Gasteiger partial charge in [0.25, 0.3) is 0 Å². The van der Waals surface area contributed by atoms with Gasteiger partial charge in [0, 0.05) is 12.8 Å². The Bertz CT molecular complexity index is 567. The molecule has 2 atom stereocenters. The lowest BCUT2D eigenvalue weighted by Gasteiger charge is -2.19. The van der Waals surface area contributed by atoms with Gasteiger partial charge in [0.2, 0.25) is 5.91 Å². The molecule has 2 unspecified atom stereocenters. The van der Waals surface area contributed by atoms with E-state index in [2.05, 4.69) is 5.32 Å². The second-order valence-corrected chi connectivity index (χ2v) is 7.31. The number of amides is 1. The fourth-order valence-corrected chi connectivity index (χ4v) is 2.75. The van der Waals surface area contributed by atoms with E-state index in [1.807, 2.05) is 13.8 Å². The number of hydrogen-bond acceptors (Lipinski definition) is 4. The van der Waals surface area contributed by atoms with Gasteiger partial charge in [0.05, 0.1) is 16.9 Å². The van der Waals surface area contributed by atoms with Gasteiger partial charge in [0.15, 0.2) is 9.84 Å². The topological polar surface area (TPSA) is 89.3 Å². The van der Waals surface area contributed by atoms with E-state index >= 15 is 0 Å². The summed E-state index contributed by atoms with van der Waals surface area (Å²) < 4.78 is 22.8. The van der Waals surface area contributed by atoms with Gasteiger partial charge < -0.3 is 11.1 Å². The number of sulfone groups is 1. The summed E-state index contributed by atoms with van der Waals surface area (Å²) in [5, 5.41) is 2.92. The average Bonchev–Trinajstić information content (AvgIpc) is 2.43. The van der Waals surface area contributed by atoms with E-state index < -0.39 is 9.84 Å². The van der Waals surface area contributed by atoms with Crippen molar-refractivity contribution in [2.45, 2.75) is 37.6 Å². The Morgan fingerprint density at radius 1 is 1.29 bits per heavy atom. The zero-order chi connectivity index (χ0) is 16.0. The molecule has 0 aliphatic carbocycles. The van der Waals surface area contributed by atoms with Crippen LogP contribution in [0.3, 0.4) is 0 Å². The highest BCUT2D eigenvalue weighted by molar-refractivity contribution is 7.90. The molecule has 3 N–H and O–H groups in total. The van der Waals surface area contributed by atoms with Gasteiger partial charge in [-0.15, -0.1) is 0 Å². The molecule has 0 radical (unpaired) electrons. The third-order valence-electron chi connectivity index (χ3n) is 3.46. The van der Waals surface area contributed by atoms with Gasteiger partial charge in [-0.25, -0.2) is 8.42 Å². The van der Waals surface area contributed by atoms with E-state index in [4.69, 9.17) is 5.73 Å². The van der Waals surface area contributed by atoms with Crippen molar-refractivity contribution in [3.8, 4) is 0 Å². The summed E-state index contributed by atoms with van der Waals surface area (Å²) in [4.78, 5) is 12.4. The summed E-state index contributed by atoms with van der Waals surface area (Å²) >= 11 is 0. The number of benzene rings is 1. The molecule has 0 bridgehead atoms. The number of nitrogens with two attached hydrogens (primary N) is 1. The molecule has 0 fully saturated rings. The minimum Gasteiger partial charge on any atom is -0.349 e. The predicted octanol–water partition coefficient (Wildman–Crippen LogP) is 1.64. The number of rotatable bonds is 7. The zero-order valence-corrected chi connectivity index (χ0v) is 13.6. The van der Waals surface area contributed by atoms with Crippen LogP contribution in [0.1, 0.15) is 38.3 Å². The molecule has 1 aromatic carbocycles. The van der Waals surface area contributed by atoms with Gasteiger partial charge in [-0.3, -0.25) is 4.79 Å². The molecule has 0 saturated carbocycles. The zero-order valence-electron chi connectivity index (χ0n) is 12.8. The van der Waals surface area contributed by atoms with Gasteiger partial charge in [-0.05, 0) is 31.0 Å². The van der Waals surface area contributed by atoms with Gasteiger partial charge in [-0.1, -0.05) is 25.5 Å². The van der Waals surface area contributed by atoms with Crippen LogP contribution in [0.25, 0.3) is 0 Å². The first-order valence-electron chi connectivity index (χ1n) is 7.10. The maximum Gasteiger partial charge on any atom is 0.224 e. The summed E-state index contributed by atoms with van der Waals surface area (Å²) in [6.45, 7) is 4.22. The van der Waals surface area contributed by atoms with E-state index in [1.54, 1.807) is 24.3 Å². The minimum atomic E-state index is -3.20. The molecule has 5 nitrogen and oxygen atoms in total. The van der Waals surface area contributed by atoms with Crippen LogP contribution >= 0.6 is 0 Å². The first kappa shape index (κ1) is 17.7. The maximum atomic E-state index is 12.1. The Labute approximate surface area is 126 Å². The van der Waals surface area contributed by atoms with Crippen molar-refractivity contribution in [2.24, 2.45) is 11.7 Å². The second kappa shape index (κ2) is 7.56. The fourth-order valence-electron chi connectivity index (χ4n) is 2.12. The largest absolute Gasteiger partial charge is 0.349 e.